The Morgan fingerprint density at radius 2 is 1.21 bits per heavy atom. The summed E-state index contributed by atoms with van der Waals surface area (Å²) in [5.41, 5.74) is 20.1. The van der Waals surface area contributed by atoms with Gasteiger partial charge in [-0.15, -0.1) is 0 Å². The number of aromatic nitrogens is 15. The van der Waals surface area contributed by atoms with Crippen LogP contribution < -0.4 is 28.3 Å². The molecular formula is C41H52N18O8S. The lowest BCUT2D eigenvalue weighted by Crippen LogP contribution is -2.15. The number of hydrogen-bond acceptors (Lipinski definition) is 20. The van der Waals surface area contributed by atoms with Gasteiger partial charge < -0.3 is 60.9 Å². The average Bonchev–Trinajstić information content (AvgIpc) is 4.16. The van der Waals surface area contributed by atoms with E-state index in [9.17, 15) is 19.8 Å². The summed E-state index contributed by atoms with van der Waals surface area (Å²) in [5.74, 6) is 0.788. The number of imidazole rings is 3. The predicted molar refractivity (Wildman–Crippen MR) is 248 cm³/mol. The van der Waals surface area contributed by atoms with E-state index in [1.165, 1.54) is 12.7 Å². The highest BCUT2D eigenvalue weighted by molar-refractivity contribution is 7.71. The minimum Gasteiger partial charge on any atom is -0.390 e. The van der Waals surface area contributed by atoms with Crippen molar-refractivity contribution in [3.63, 3.8) is 0 Å². The Kier molecular flexibility index (Phi) is 13.0. The first-order valence-corrected chi connectivity index (χ1v) is 22.4. The Morgan fingerprint density at radius 3 is 1.81 bits per heavy atom. The van der Waals surface area contributed by atoms with Crippen molar-refractivity contribution in [2.75, 3.05) is 17.2 Å². The molecular weight excluding hydrogens is 905 g/mol. The Balaban J connectivity index is 0.000000113. The summed E-state index contributed by atoms with van der Waals surface area (Å²) < 4.78 is 30.4. The number of rotatable bonds is 4. The molecule has 0 amide bonds. The first-order chi connectivity index (χ1) is 32.6. The number of nitrogens with zero attached hydrogens (tertiary/aromatic N) is 12. The number of fused-ring (bicyclic) bond motifs is 4. The highest BCUT2D eigenvalue weighted by Crippen LogP contribution is 2.34. The van der Waals surface area contributed by atoms with E-state index in [4.69, 9.17) is 48.4 Å². The fraction of sp³-hybridized carbons (Fsp3) is 0.488. The fourth-order valence-corrected chi connectivity index (χ4v) is 8.78. The zero-order valence-electron chi connectivity index (χ0n) is 37.4. The third-order valence-electron chi connectivity index (χ3n) is 12.2. The minimum atomic E-state index is -0.477. The van der Waals surface area contributed by atoms with Crippen molar-refractivity contribution in [1.29, 1.82) is 0 Å². The lowest BCUT2D eigenvalue weighted by atomic mass is 10.2. The van der Waals surface area contributed by atoms with Crippen LogP contribution in [0.5, 0.6) is 0 Å². The quantitative estimate of drug-likeness (QED) is 0.118. The topological polar surface area (TPSA) is 360 Å². The second-order valence-corrected chi connectivity index (χ2v) is 17.4. The molecule has 8 aromatic rings. The molecule has 68 heavy (non-hydrogen) atoms. The number of hydrogen-bond donors (Lipinski definition) is 8. The van der Waals surface area contributed by atoms with Gasteiger partial charge in [0.25, 0.3) is 11.1 Å². The molecule has 0 saturated carbocycles. The Hall–Kier alpha value is -6.75. The highest BCUT2D eigenvalue weighted by atomic mass is 32.1. The summed E-state index contributed by atoms with van der Waals surface area (Å²) in [5, 5.41) is 20.2. The van der Waals surface area contributed by atoms with Crippen LogP contribution in [0.2, 0.25) is 0 Å². The van der Waals surface area contributed by atoms with Crippen molar-refractivity contribution in [3.05, 3.63) is 69.2 Å². The third kappa shape index (κ3) is 9.27. The summed E-state index contributed by atoms with van der Waals surface area (Å²) >= 11 is 5.10. The van der Waals surface area contributed by atoms with Gasteiger partial charge in [0.05, 0.1) is 67.3 Å². The van der Waals surface area contributed by atoms with E-state index in [1.54, 1.807) is 28.1 Å². The molecule has 10 atom stereocenters. The van der Waals surface area contributed by atoms with E-state index in [2.05, 4.69) is 54.8 Å². The number of aromatic amines is 3. The van der Waals surface area contributed by atoms with E-state index in [1.807, 2.05) is 49.1 Å². The smallest absolute Gasteiger partial charge is 0.280 e. The van der Waals surface area contributed by atoms with Crippen LogP contribution in [0.25, 0.3) is 44.5 Å². The van der Waals surface area contributed by atoms with Crippen LogP contribution in [-0.4, -0.2) is 120 Å². The van der Waals surface area contributed by atoms with Crippen molar-refractivity contribution in [2.24, 2.45) is 0 Å². The van der Waals surface area contributed by atoms with Gasteiger partial charge in [-0.05, 0) is 59.4 Å². The van der Waals surface area contributed by atoms with Gasteiger partial charge in [-0.2, -0.15) is 4.98 Å². The van der Waals surface area contributed by atoms with Gasteiger partial charge in [-0.3, -0.25) is 28.3 Å². The summed E-state index contributed by atoms with van der Waals surface area (Å²) in [7, 11) is 0. The Morgan fingerprint density at radius 1 is 0.632 bits per heavy atom. The molecule has 12 heterocycles. The Labute approximate surface area is 389 Å². The number of anilines is 3. The van der Waals surface area contributed by atoms with Gasteiger partial charge >= 0.3 is 0 Å². The van der Waals surface area contributed by atoms with Crippen molar-refractivity contribution in [3.8, 4) is 0 Å². The van der Waals surface area contributed by atoms with Gasteiger partial charge in [-0.25, -0.2) is 34.9 Å². The van der Waals surface area contributed by atoms with Crippen LogP contribution >= 0.6 is 12.2 Å². The molecule has 0 aromatic carbocycles. The molecule has 0 radical (unpaired) electrons. The molecule has 0 spiro atoms. The van der Waals surface area contributed by atoms with Gasteiger partial charge in [0.1, 0.15) is 53.9 Å². The standard InChI is InChI=1S/C11H14N4O2.C10H13N5O2S.C10H13N5O2.C10H12N4O2/c1-6-8(16)4-9(17-6)15-3-2-7-10(12)13-5-14-11(7)15;1-4-5(16)2-6(17-4)15-3-12-7-8(15)13-10(11)14-9(7)18;1-5-2-3-6(17-5)15-4-12-7-8(15)13-10(11)14-9(7)16;1-6-2-3-7(16-6)14-5-13-8-9(14)11-4-12-10(8)15/h2-3,5-6,8-9,16H,4H2,1H3,(H2,12,13,14);3-6,16H,2H2,1H3,(H3,11,13,14,18);4-6H,2-3H2,1H3,(H3,11,13,14,16);4-7H,2-3H2,1H3,(H,11,12,15)/t6-,8-,9-;4-,5-,6-;5-,6-;6-,7-/m1111/s1. The van der Waals surface area contributed by atoms with Crippen LogP contribution in [0.4, 0.5) is 17.7 Å². The van der Waals surface area contributed by atoms with E-state index in [-0.39, 0.29) is 72.3 Å². The van der Waals surface area contributed by atoms with Crippen molar-refractivity contribution >= 4 is 74.5 Å². The van der Waals surface area contributed by atoms with Gasteiger partial charge in [-0.1, -0.05) is 12.2 Å². The minimum absolute atomic E-state index is 0.0469. The number of nitrogens with one attached hydrogen (secondary N) is 3. The summed E-state index contributed by atoms with van der Waals surface area (Å²) in [6.45, 7) is 7.76. The predicted octanol–water partition coefficient (Wildman–Crippen LogP) is 2.64. The molecule has 11 N–H and O–H groups in total. The second-order valence-electron chi connectivity index (χ2n) is 17.0. The SMILES string of the molecule is C[C@@H]1CC[C@H](n2cnc3c(=O)[nH]c(N)nc32)O1.C[C@@H]1CC[C@H](n2cnc3c(=O)[nH]cnc32)O1.C[C@H]1O[C@@H](n2ccc3c(N)ncnc32)C[C@H]1O.C[C@H]1O[C@@H](n2cnc3c(=S)nc(N)[nH]c32)C[C@H]1O. The number of H-pyrrole nitrogens is 3. The first-order valence-electron chi connectivity index (χ1n) is 22.0. The maximum atomic E-state index is 11.6. The van der Waals surface area contributed by atoms with Crippen LogP contribution in [-0.2, 0) is 18.9 Å². The number of aliphatic hydroxyl groups is 2. The van der Waals surface area contributed by atoms with Crippen LogP contribution in [0.15, 0.2) is 53.5 Å². The van der Waals surface area contributed by atoms with E-state index in [0.717, 1.165) is 36.7 Å². The maximum absolute atomic E-state index is 11.6. The van der Waals surface area contributed by atoms with Crippen molar-refractivity contribution < 1.29 is 29.2 Å². The lowest BCUT2D eigenvalue weighted by molar-refractivity contribution is -0.00633. The number of aliphatic hydroxyl groups excluding tert-OH is 2. The lowest BCUT2D eigenvalue weighted by Gasteiger charge is -2.13. The molecule has 0 aliphatic carbocycles. The summed E-state index contributed by atoms with van der Waals surface area (Å²) in [6.07, 6.45) is 13.0. The molecule has 26 nitrogen and oxygen atoms in total. The van der Waals surface area contributed by atoms with Crippen LogP contribution in [0, 0.1) is 4.64 Å². The highest BCUT2D eigenvalue weighted by Gasteiger charge is 2.34. The summed E-state index contributed by atoms with van der Waals surface area (Å²) in [4.78, 5) is 63.6. The fourth-order valence-electron chi connectivity index (χ4n) is 8.54. The zero-order chi connectivity index (χ0) is 48.0. The van der Waals surface area contributed by atoms with E-state index >= 15 is 0 Å². The number of nitrogens with two attached hydrogens (primary N) is 3. The molecule has 0 unspecified atom stereocenters. The average molecular weight is 957 g/mol. The van der Waals surface area contributed by atoms with Crippen molar-refractivity contribution in [1.82, 2.24) is 73.1 Å². The van der Waals surface area contributed by atoms with Gasteiger partial charge in [0.15, 0.2) is 32.9 Å². The third-order valence-corrected chi connectivity index (χ3v) is 12.5. The molecule has 360 valence electrons. The number of nitrogen functional groups attached to an aromatic ring is 3. The molecule has 4 fully saturated rings. The van der Waals surface area contributed by atoms with Crippen LogP contribution in [0.3, 0.4) is 0 Å². The normalized spacial score (nSPS) is 26.7. The molecule has 12 rings (SSSR count). The molecule has 27 heteroatoms. The van der Waals surface area contributed by atoms with Crippen molar-refractivity contribution in [2.45, 2.75) is 128 Å². The Bertz CT molecular complexity index is 3230. The molecule has 4 saturated heterocycles. The largest absolute Gasteiger partial charge is 0.390 e. The molecule has 0 bridgehead atoms. The molecule has 4 aliphatic rings. The number of ether oxygens (including phenoxy) is 4. The maximum Gasteiger partial charge on any atom is 0.280 e. The zero-order valence-corrected chi connectivity index (χ0v) is 38.2. The van der Waals surface area contributed by atoms with Gasteiger partial charge in [0, 0.05) is 19.0 Å². The molecule has 8 aromatic heterocycles. The second kappa shape index (κ2) is 19.1. The first kappa shape index (κ1) is 46.4. The van der Waals surface area contributed by atoms with Gasteiger partial charge in [0.2, 0.25) is 5.95 Å². The van der Waals surface area contributed by atoms with E-state index in [0.29, 0.717) is 56.8 Å². The monoisotopic (exact) mass is 956 g/mol. The summed E-state index contributed by atoms with van der Waals surface area (Å²) in [6, 6.07) is 1.86. The van der Waals surface area contributed by atoms with Crippen LogP contribution in [0.1, 0.15) is 91.1 Å². The molecule has 4 aliphatic heterocycles. The van der Waals surface area contributed by atoms with E-state index < -0.39 is 12.2 Å².